The first-order chi connectivity index (χ1) is 6.35. The molecule has 2 aromatic rings. The number of rotatable bonds is 1. The summed E-state index contributed by atoms with van der Waals surface area (Å²) in [7, 11) is 1.52. The molecule has 2 rings (SSSR count). The monoisotopic (exact) mass is 174 g/mol. The third-order valence-corrected chi connectivity index (χ3v) is 1.70. The maximum Gasteiger partial charge on any atom is 0.242 e. The van der Waals surface area contributed by atoms with Crippen LogP contribution in [0, 0.1) is 11.3 Å². The molecule has 0 fully saturated rings. The van der Waals surface area contributed by atoms with Crippen LogP contribution in [0.4, 0.5) is 0 Å². The summed E-state index contributed by atoms with van der Waals surface area (Å²) in [6.45, 7) is 0. The summed E-state index contributed by atoms with van der Waals surface area (Å²) in [4.78, 5) is 4.00. The van der Waals surface area contributed by atoms with Crippen LogP contribution in [0.3, 0.4) is 0 Å². The quantitative estimate of drug-likeness (QED) is 0.695. The van der Waals surface area contributed by atoms with Crippen LogP contribution in [0.25, 0.3) is 11.0 Å². The molecule has 64 valence electrons. The lowest BCUT2D eigenvalue weighted by Gasteiger charge is -1.92. The van der Waals surface area contributed by atoms with Crippen molar-refractivity contribution in [3.63, 3.8) is 0 Å². The molecule has 0 spiro atoms. The average Bonchev–Trinajstić information content (AvgIpc) is 2.59. The molecule has 0 saturated carbocycles. The first kappa shape index (κ1) is 7.55. The van der Waals surface area contributed by atoms with Crippen LogP contribution in [0.15, 0.2) is 12.3 Å². The summed E-state index contributed by atoms with van der Waals surface area (Å²) in [5.74, 6) is 0.458. The third-order valence-electron chi connectivity index (χ3n) is 1.70. The topological polar surface area (TPSA) is 74.6 Å². The second-order valence-corrected chi connectivity index (χ2v) is 2.46. The number of hydrogen-bond donors (Lipinski definition) is 1. The molecule has 0 aliphatic rings. The van der Waals surface area contributed by atoms with Crippen LogP contribution in [0.1, 0.15) is 5.56 Å². The molecule has 0 aliphatic heterocycles. The van der Waals surface area contributed by atoms with E-state index < -0.39 is 0 Å². The van der Waals surface area contributed by atoms with Crippen LogP contribution < -0.4 is 4.74 Å². The highest BCUT2D eigenvalue weighted by Crippen LogP contribution is 2.20. The van der Waals surface area contributed by atoms with E-state index in [1.807, 2.05) is 6.07 Å². The highest BCUT2D eigenvalue weighted by Gasteiger charge is 2.06. The Labute approximate surface area is 74.0 Å². The van der Waals surface area contributed by atoms with E-state index in [2.05, 4.69) is 15.2 Å². The molecule has 5 nitrogen and oxygen atoms in total. The molecule has 0 aliphatic carbocycles. The molecule has 0 saturated heterocycles. The standard InChI is InChI=1S/C8H6N4O/c1-13-8-6-2-5(3-9)4-10-7(6)11-12-8/h2,4H,1H3,(H,10,11,12). The minimum atomic E-state index is 0.458. The van der Waals surface area contributed by atoms with Gasteiger partial charge in [-0.1, -0.05) is 0 Å². The van der Waals surface area contributed by atoms with E-state index in [0.29, 0.717) is 17.1 Å². The van der Waals surface area contributed by atoms with Gasteiger partial charge in [0.15, 0.2) is 5.65 Å². The summed E-state index contributed by atoms with van der Waals surface area (Å²) < 4.78 is 4.98. The van der Waals surface area contributed by atoms with Crippen molar-refractivity contribution in [3.05, 3.63) is 17.8 Å². The maximum absolute atomic E-state index is 8.64. The molecule has 0 radical (unpaired) electrons. The molecule has 5 heteroatoms. The second-order valence-electron chi connectivity index (χ2n) is 2.46. The number of aromatic amines is 1. The number of methoxy groups -OCH3 is 1. The van der Waals surface area contributed by atoms with Crippen LogP contribution in [-0.4, -0.2) is 22.3 Å². The Bertz CT molecular complexity index is 482. The van der Waals surface area contributed by atoms with Crippen molar-refractivity contribution < 1.29 is 4.74 Å². The zero-order valence-electron chi connectivity index (χ0n) is 6.90. The van der Waals surface area contributed by atoms with Crippen molar-refractivity contribution in [2.75, 3.05) is 7.11 Å². The van der Waals surface area contributed by atoms with E-state index in [4.69, 9.17) is 10.00 Å². The van der Waals surface area contributed by atoms with Crippen LogP contribution in [0.2, 0.25) is 0 Å². The van der Waals surface area contributed by atoms with Gasteiger partial charge in [0.25, 0.3) is 0 Å². The fourth-order valence-corrected chi connectivity index (χ4v) is 1.10. The largest absolute Gasteiger partial charge is 0.479 e. The predicted octanol–water partition coefficient (Wildman–Crippen LogP) is 0.838. The van der Waals surface area contributed by atoms with Gasteiger partial charge in [0.2, 0.25) is 5.88 Å². The van der Waals surface area contributed by atoms with E-state index in [-0.39, 0.29) is 0 Å². The number of nitriles is 1. The van der Waals surface area contributed by atoms with Gasteiger partial charge < -0.3 is 4.74 Å². The van der Waals surface area contributed by atoms with E-state index in [9.17, 15) is 0 Å². The number of nitrogens with one attached hydrogen (secondary N) is 1. The number of nitrogens with zero attached hydrogens (tertiary/aromatic N) is 3. The summed E-state index contributed by atoms with van der Waals surface area (Å²) in [6, 6.07) is 3.69. The van der Waals surface area contributed by atoms with E-state index >= 15 is 0 Å². The van der Waals surface area contributed by atoms with Crippen molar-refractivity contribution in [2.45, 2.75) is 0 Å². The zero-order valence-corrected chi connectivity index (χ0v) is 6.90. The number of pyridine rings is 1. The molecule has 0 unspecified atom stereocenters. The Morgan fingerprint density at radius 2 is 2.46 bits per heavy atom. The van der Waals surface area contributed by atoms with Gasteiger partial charge in [-0.2, -0.15) is 5.26 Å². The predicted molar refractivity (Wildman–Crippen MR) is 45.2 cm³/mol. The van der Waals surface area contributed by atoms with Crippen molar-refractivity contribution in [3.8, 4) is 11.9 Å². The number of fused-ring (bicyclic) bond motifs is 1. The zero-order chi connectivity index (χ0) is 9.26. The van der Waals surface area contributed by atoms with E-state index in [1.165, 1.54) is 13.3 Å². The Hall–Kier alpha value is -2.09. The lowest BCUT2D eigenvalue weighted by molar-refractivity contribution is 0.401. The molecule has 0 aromatic carbocycles. The average molecular weight is 174 g/mol. The molecule has 2 aromatic heterocycles. The number of hydrogen-bond acceptors (Lipinski definition) is 4. The summed E-state index contributed by atoms with van der Waals surface area (Å²) >= 11 is 0. The summed E-state index contributed by atoms with van der Waals surface area (Å²) in [5.41, 5.74) is 1.11. The van der Waals surface area contributed by atoms with Gasteiger partial charge in [-0.05, 0) is 6.07 Å². The highest BCUT2D eigenvalue weighted by atomic mass is 16.5. The Morgan fingerprint density at radius 3 is 3.15 bits per heavy atom. The highest BCUT2D eigenvalue weighted by molar-refractivity contribution is 5.81. The summed E-state index contributed by atoms with van der Waals surface area (Å²) in [6.07, 6.45) is 1.49. The number of H-pyrrole nitrogens is 1. The molecule has 1 N–H and O–H groups in total. The van der Waals surface area contributed by atoms with E-state index in [1.54, 1.807) is 6.07 Å². The molecule has 0 bridgehead atoms. The third kappa shape index (κ3) is 1.08. The molecular formula is C8H6N4O. The van der Waals surface area contributed by atoms with Gasteiger partial charge in [0.1, 0.15) is 6.07 Å². The Morgan fingerprint density at radius 1 is 1.62 bits per heavy atom. The van der Waals surface area contributed by atoms with Crippen LogP contribution >= 0.6 is 0 Å². The lowest BCUT2D eigenvalue weighted by atomic mass is 10.2. The Kier molecular flexibility index (Phi) is 1.60. The van der Waals surface area contributed by atoms with Crippen molar-refractivity contribution in [1.82, 2.24) is 15.2 Å². The van der Waals surface area contributed by atoms with Crippen LogP contribution in [-0.2, 0) is 0 Å². The molecule has 13 heavy (non-hydrogen) atoms. The first-order valence-corrected chi connectivity index (χ1v) is 3.63. The normalized spacial score (nSPS) is 9.85. The second kappa shape index (κ2) is 2.75. The van der Waals surface area contributed by atoms with Gasteiger partial charge in [-0.15, -0.1) is 5.10 Å². The first-order valence-electron chi connectivity index (χ1n) is 3.63. The molecular weight excluding hydrogens is 168 g/mol. The van der Waals surface area contributed by atoms with Crippen LogP contribution in [0.5, 0.6) is 5.88 Å². The maximum atomic E-state index is 8.64. The van der Waals surface area contributed by atoms with Gasteiger partial charge in [0.05, 0.1) is 18.1 Å². The van der Waals surface area contributed by atoms with Gasteiger partial charge in [-0.25, -0.2) is 4.98 Å². The number of aromatic nitrogens is 3. The van der Waals surface area contributed by atoms with Gasteiger partial charge in [0, 0.05) is 6.20 Å². The molecule has 2 heterocycles. The minimum absolute atomic E-state index is 0.458. The van der Waals surface area contributed by atoms with Crippen molar-refractivity contribution in [2.24, 2.45) is 0 Å². The number of ether oxygens (including phenoxy) is 1. The molecule has 0 atom stereocenters. The fraction of sp³-hybridized carbons (Fsp3) is 0.125. The smallest absolute Gasteiger partial charge is 0.242 e. The minimum Gasteiger partial charge on any atom is -0.479 e. The molecule has 0 amide bonds. The van der Waals surface area contributed by atoms with Crippen molar-refractivity contribution in [1.29, 1.82) is 5.26 Å². The fourth-order valence-electron chi connectivity index (χ4n) is 1.10. The van der Waals surface area contributed by atoms with Crippen molar-refractivity contribution >= 4 is 11.0 Å². The van der Waals surface area contributed by atoms with Gasteiger partial charge >= 0.3 is 0 Å². The van der Waals surface area contributed by atoms with Gasteiger partial charge in [-0.3, -0.25) is 5.10 Å². The lowest BCUT2D eigenvalue weighted by Crippen LogP contribution is -1.83. The SMILES string of the molecule is COc1n[nH]c2ncc(C#N)cc12. The Balaban J connectivity index is 2.73. The van der Waals surface area contributed by atoms with E-state index in [0.717, 1.165) is 5.39 Å². The summed E-state index contributed by atoms with van der Waals surface area (Å²) in [5, 5.41) is 15.9.